The van der Waals surface area contributed by atoms with Gasteiger partial charge in [-0.3, -0.25) is 0 Å². The average Bonchev–Trinajstić information content (AvgIpc) is 3.20. The van der Waals surface area contributed by atoms with Crippen LogP contribution in [0, 0.1) is 0 Å². The Bertz CT molecular complexity index is 437. The zero-order valence-corrected chi connectivity index (χ0v) is 13.3. The summed E-state index contributed by atoms with van der Waals surface area (Å²) in [5.41, 5.74) is 1.44. The molecule has 4 heteroatoms. The lowest BCUT2D eigenvalue weighted by Crippen LogP contribution is -2.26. The molecule has 2 fully saturated rings. The summed E-state index contributed by atoms with van der Waals surface area (Å²) >= 11 is 0. The van der Waals surface area contributed by atoms with Crippen LogP contribution in [0.5, 0.6) is 0 Å². The first kappa shape index (κ1) is 15.0. The van der Waals surface area contributed by atoms with E-state index >= 15 is 0 Å². The number of nitrogens with one attached hydrogen (secondary N) is 1. The number of nitrogens with zero attached hydrogens (tertiary/aromatic N) is 2. The van der Waals surface area contributed by atoms with Crippen molar-refractivity contribution in [2.75, 3.05) is 13.1 Å². The van der Waals surface area contributed by atoms with Gasteiger partial charge in [0.1, 0.15) is 0 Å². The van der Waals surface area contributed by atoms with Crippen LogP contribution in [0.25, 0.3) is 0 Å². The number of aromatic nitrogens is 2. The number of imidazole rings is 1. The first-order valence-corrected chi connectivity index (χ1v) is 8.69. The molecule has 1 N–H and O–H groups in total. The fraction of sp³-hybridized carbons (Fsp3) is 0.824. The van der Waals surface area contributed by atoms with Crippen LogP contribution in [0.4, 0.5) is 0 Å². The highest BCUT2D eigenvalue weighted by Gasteiger charge is 2.42. The zero-order chi connectivity index (χ0) is 14.5. The molecule has 1 spiro atoms. The van der Waals surface area contributed by atoms with Crippen LogP contribution >= 0.6 is 0 Å². The molecule has 1 aromatic rings. The standard InChI is InChI=1S/C17H29N3O/c1-2-10-18-11-6-15-12-20(14-19-15)13-16-5-9-17(21-16)7-3-4-8-17/h12,14,16,18H,2-11,13H2,1H3. The monoisotopic (exact) mass is 291 g/mol. The van der Waals surface area contributed by atoms with Crippen molar-refractivity contribution >= 4 is 0 Å². The summed E-state index contributed by atoms with van der Waals surface area (Å²) in [7, 11) is 0. The fourth-order valence-electron chi connectivity index (χ4n) is 3.80. The van der Waals surface area contributed by atoms with E-state index in [-0.39, 0.29) is 5.60 Å². The van der Waals surface area contributed by atoms with E-state index < -0.39 is 0 Å². The maximum Gasteiger partial charge on any atom is 0.0950 e. The highest BCUT2D eigenvalue weighted by atomic mass is 16.5. The second-order valence-electron chi connectivity index (χ2n) is 6.73. The minimum atomic E-state index is 0.248. The minimum Gasteiger partial charge on any atom is -0.370 e. The molecule has 2 heterocycles. The quantitative estimate of drug-likeness (QED) is 0.785. The van der Waals surface area contributed by atoms with Gasteiger partial charge in [0.25, 0.3) is 0 Å². The second kappa shape index (κ2) is 6.93. The zero-order valence-electron chi connectivity index (χ0n) is 13.3. The van der Waals surface area contributed by atoms with Crippen LogP contribution in [0.3, 0.4) is 0 Å². The number of rotatable bonds is 7. The van der Waals surface area contributed by atoms with Gasteiger partial charge in [0.05, 0.1) is 23.7 Å². The lowest BCUT2D eigenvalue weighted by molar-refractivity contribution is -0.0418. The Balaban J connectivity index is 1.44. The number of hydrogen-bond donors (Lipinski definition) is 1. The molecule has 0 radical (unpaired) electrons. The Morgan fingerprint density at radius 3 is 3.00 bits per heavy atom. The Morgan fingerprint density at radius 1 is 1.33 bits per heavy atom. The molecule has 1 saturated heterocycles. The van der Waals surface area contributed by atoms with Gasteiger partial charge in [-0.05, 0) is 38.6 Å². The molecule has 0 aromatic carbocycles. The molecule has 2 aliphatic rings. The molecule has 4 nitrogen and oxygen atoms in total. The van der Waals surface area contributed by atoms with Crippen LogP contribution in [0.1, 0.15) is 57.6 Å². The van der Waals surface area contributed by atoms with E-state index in [1.165, 1.54) is 50.6 Å². The third kappa shape index (κ3) is 3.86. The molecule has 1 atom stereocenters. The van der Waals surface area contributed by atoms with E-state index in [0.717, 1.165) is 26.1 Å². The molecule has 0 amide bonds. The van der Waals surface area contributed by atoms with Gasteiger partial charge in [0.15, 0.2) is 0 Å². The van der Waals surface area contributed by atoms with Crippen molar-refractivity contribution in [3.8, 4) is 0 Å². The van der Waals surface area contributed by atoms with Gasteiger partial charge in [-0.15, -0.1) is 0 Å². The Labute approximate surface area is 128 Å². The number of ether oxygens (including phenoxy) is 1. The SMILES string of the molecule is CCCNCCc1cn(CC2CCC3(CCCC3)O2)cn1. The molecule has 1 aromatic heterocycles. The van der Waals surface area contributed by atoms with Crippen molar-refractivity contribution in [1.82, 2.24) is 14.9 Å². The molecule has 1 saturated carbocycles. The summed E-state index contributed by atoms with van der Waals surface area (Å²) < 4.78 is 8.59. The molecule has 1 unspecified atom stereocenters. The van der Waals surface area contributed by atoms with Crippen LogP contribution < -0.4 is 5.32 Å². The summed E-state index contributed by atoms with van der Waals surface area (Å²) in [6, 6.07) is 0. The molecule has 1 aliphatic heterocycles. The van der Waals surface area contributed by atoms with Gasteiger partial charge in [0, 0.05) is 25.7 Å². The maximum absolute atomic E-state index is 6.38. The van der Waals surface area contributed by atoms with Crippen molar-refractivity contribution in [1.29, 1.82) is 0 Å². The van der Waals surface area contributed by atoms with Gasteiger partial charge in [-0.25, -0.2) is 4.98 Å². The summed E-state index contributed by atoms with van der Waals surface area (Å²) in [4.78, 5) is 4.51. The Kier molecular flexibility index (Phi) is 4.96. The molecule has 118 valence electrons. The minimum absolute atomic E-state index is 0.248. The smallest absolute Gasteiger partial charge is 0.0950 e. The fourth-order valence-corrected chi connectivity index (χ4v) is 3.80. The summed E-state index contributed by atoms with van der Waals surface area (Å²) in [5, 5.41) is 3.42. The molecule has 1 aliphatic carbocycles. The number of hydrogen-bond acceptors (Lipinski definition) is 3. The molecular weight excluding hydrogens is 262 g/mol. The highest BCUT2D eigenvalue weighted by molar-refractivity contribution is 4.99. The topological polar surface area (TPSA) is 39.1 Å². The van der Waals surface area contributed by atoms with Crippen LogP contribution in [0.15, 0.2) is 12.5 Å². The predicted molar refractivity (Wildman–Crippen MR) is 84.4 cm³/mol. The van der Waals surface area contributed by atoms with Crippen molar-refractivity contribution in [2.24, 2.45) is 0 Å². The van der Waals surface area contributed by atoms with Crippen LogP contribution in [-0.4, -0.2) is 34.3 Å². The molecule has 0 bridgehead atoms. The van der Waals surface area contributed by atoms with Gasteiger partial charge in [0.2, 0.25) is 0 Å². The molecule has 21 heavy (non-hydrogen) atoms. The molecular formula is C17H29N3O. The van der Waals surface area contributed by atoms with E-state index in [4.69, 9.17) is 4.74 Å². The van der Waals surface area contributed by atoms with Crippen molar-refractivity contribution in [3.05, 3.63) is 18.2 Å². The van der Waals surface area contributed by atoms with E-state index in [0.29, 0.717) is 6.10 Å². The first-order chi connectivity index (χ1) is 10.3. The van der Waals surface area contributed by atoms with E-state index in [9.17, 15) is 0 Å². The van der Waals surface area contributed by atoms with Crippen molar-refractivity contribution in [3.63, 3.8) is 0 Å². The van der Waals surface area contributed by atoms with Gasteiger partial charge >= 0.3 is 0 Å². The lowest BCUT2D eigenvalue weighted by atomic mass is 9.98. The third-order valence-electron chi connectivity index (χ3n) is 4.94. The molecule has 3 rings (SSSR count). The lowest BCUT2D eigenvalue weighted by Gasteiger charge is -2.23. The average molecular weight is 291 g/mol. The third-order valence-corrected chi connectivity index (χ3v) is 4.94. The van der Waals surface area contributed by atoms with Crippen LogP contribution in [-0.2, 0) is 17.7 Å². The second-order valence-corrected chi connectivity index (χ2v) is 6.73. The largest absolute Gasteiger partial charge is 0.370 e. The van der Waals surface area contributed by atoms with E-state index in [2.05, 4.69) is 28.0 Å². The normalized spacial score (nSPS) is 24.1. The predicted octanol–water partition coefficient (Wildman–Crippen LogP) is 2.92. The van der Waals surface area contributed by atoms with Crippen molar-refractivity contribution in [2.45, 2.75) is 76.5 Å². The summed E-state index contributed by atoms with van der Waals surface area (Å²) in [6.07, 6.45) is 14.5. The van der Waals surface area contributed by atoms with Gasteiger partial charge < -0.3 is 14.6 Å². The Morgan fingerprint density at radius 2 is 2.19 bits per heavy atom. The first-order valence-electron chi connectivity index (χ1n) is 8.69. The maximum atomic E-state index is 6.38. The summed E-state index contributed by atoms with van der Waals surface area (Å²) in [5.74, 6) is 0. The van der Waals surface area contributed by atoms with Crippen molar-refractivity contribution < 1.29 is 4.74 Å². The Hall–Kier alpha value is -0.870. The van der Waals surface area contributed by atoms with E-state index in [1.807, 2.05) is 6.33 Å². The van der Waals surface area contributed by atoms with Gasteiger partial charge in [-0.2, -0.15) is 0 Å². The van der Waals surface area contributed by atoms with Gasteiger partial charge in [-0.1, -0.05) is 19.8 Å². The van der Waals surface area contributed by atoms with Crippen LogP contribution in [0.2, 0.25) is 0 Å². The highest BCUT2D eigenvalue weighted by Crippen LogP contribution is 2.43. The van der Waals surface area contributed by atoms with E-state index in [1.54, 1.807) is 0 Å². The summed E-state index contributed by atoms with van der Waals surface area (Å²) in [6.45, 7) is 5.28.